The smallest absolute Gasteiger partial charge is 0.350 e. The summed E-state index contributed by atoms with van der Waals surface area (Å²) in [5, 5.41) is 8.24. The van der Waals surface area contributed by atoms with Crippen molar-refractivity contribution in [3.05, 3.63) is 32.8 Å². The van der Waals surface area contributed by atoms with E-state index in [0.29, 0.717) is 10.6 Å². The molecular formula is C16H20N2O3S2. The van der Waals surface area contributed by atoms with Crippen LogP contribution in [0.25, 0.3) is 0 Å². The average molecular weight is 352 g/mol. The van der Waals surface area contributed by atoms with Gasteiger partial charge in [-0.15, -0.1) is 22.7 Å². The number of methoxy groups -OCH3 is 1. The van der Waals surface area contributed by atoms with E-state index in [4.69, 9.17) is 4.74 Å². The Balaban J connectivity index is 2.24. The zero-order chi connectivity index (χ0) is 17.2. The predicted molar refractivity (Wildman–Crippen MR) is 96.1 cm³/mol. The number of urea groups is 1. The van der Waals surface area contributed by atoms with Gasteiger partial charge in [0, 0.05) is 4.88 Å². The molecule has 2 heterocycles. The van der Waals surface area contributed by atoms with Crippen LogP contribution in [0.3, 0.4) is 0 Å². The molecule has 2 N–H and O–H groups in total. The number of esters is 1. The highest BCUT2D eigenvalue weighted by Crippen LogP contribution is 2.36. The van der Waals surface area contributed by atoms with Gasteiger partial charge in [-0.2, -0.15) is 0 Å². The highest BCUT2D eigenvalue weighted by atomic mass is 32.1. The molecule has 0 radical (unpaired) electrons. The molecule has 0 spiro atoms. The summed E-state index contributed by atoms with van der Waals surface area (Å²) in [5.41, 5.74) is 1.35. The SMILES string of the molecule is COC(=O)c1sc(C(C)(C)C)cc1NC(=O)Nc1sccc1C. The maximum atomic E-state index is 12.2. The second kappa shape index (κ2) is 6.72. The van der Waals surface area contributed by atoms with Crippen LogP contribution in [-0.4, -0.2) is 19.1 Å². The molecule has 0 aliphatic carbocycles. The van der Waals surface area contributed by atoms with Crippen molar-refractivity contribution in [1.29, 1.82) is 0 Å². The minimum absolute atomic E-state index is 0.117. The molecule has 0 fully saturated rings. The molecule has 2 rings (SSSR count). The summed E-state index contributed by atoms with van der Waals surface area (Å²) in [7, 11) is 1.33. The molecule has 0 aromatic carbocycles. The van der Waals surface area contributed by atoms with E-state index >= 15 is 0 Å². The van der Waals surface area contributed by atoms with E-state index < -0.39 is 5.97 Å². The summed E-state index contributed by atoms with van der Waals surface area (Å²) in [4.78, 5) is 25.5. The number of hydrogen-bond acceptors (Lipinski definition) is 5. The summed E-state index contributed by atoms with van der Waals surface area (Å²) in [5.74, 6) is -0.451. The van der Waals surface area contributed by atoms with Gasteiger partial charge in [-0.05, 0) is 35.4 Å². The molecule has 0 saturated heterocycles. The van der Waals surface area contributed by atoms with Gasteiger partial charge < -0.3 is 10.1 Å². The summed E-state index contributed by atoms with van der Waals surface area (Å²) in [6.07, 6.45) is 0. The van der Waals surface area contributed by atoms with Crippen molar-refractivity contribution < 1.29 is 14.3 Å². The number of anilines is 2. The van der Waals surface area contributed by atoms with Gasteiger partial charge in [0.05, 0.1) is 17.8 Å². The van der Waals surface area contributed by atoms with E-state index in [1.54, 1.807) is 0 Å². The Morgan fingerprint density at radius 3 is 2.43 bits per heavy atom. The Hall–Kier alpha value is -1.86. The van der Waals surface area contributed by atoms with Gasteiger partial charge in [0.2, 0.25) is 0 Å². The van der Waals surface area contributed by atoms with Crippen molar-refractivity contribution in [3.63, 3.8) is 0 Å². The molecule has 0 unspecified atom stereocenters. The summed E-state index contributed by atoms with van der Waals surface area (Å²) < 4.78 is 4.81. The van der Waals surface area contributed by atoms with E-state index in [-0.39, 0.29) is 11.4 Å². The Kier molecular flexibility index (Phi) is 5.11. The fourth-order valence-electron chi connectivity index (χ4n) is 1.86. The third-order valence-corrected chi connectivity index (χ3v) is 5.65. The van der Waals surface area contributed by atoms with Crippen LogP contribution in [0.15, 0.2) is 17.5 Å². The molecular weight excluding hydrogens is 332 g/mol. The molecule has 0 bridgehead atoms. The number of carbonyl (C=O) groups excluding carboxylic acids is 2. The first kappa shape index (κ1) is 17.5. The van der Waals surface area contributed by atoms with Crippen molar-refractivity contribution >= 4 is 45.4 Å². The Morgan fingerprint density at radius 2 is 1.91 bits per heavy atom. The van der Waals surface area contributed by atoms with Gasteiger partial charge in [0.25, 0.3) is 0 Å². The van der Waals surface area contributed by atoms with Gasteiger partial charge >= 0.3 is 12.0 Å². The Morgan fingerprint density at radius 1 is 1.22 bits per heavy atom. The van der Waals surface area contributed by atoms with Gasteiger partial charge in [-0.1, -0.05) is 20.8 Å². The summed E-state index contributed by atoms with van der Waals surface area (Å²) >= 11 is 2.79. The third-order valence-electron chi connectivity index (χ3n) is 3.18. The molecule has 0 saturated carbocycles. The maximum Gasteiger partial charge on any atom is 0.350 e. The molecule has 2 aromatic heterocycles. The second-order valence-electron chi connectivity index (χ2n) is 6.11. The standard InChI is InChI=1S/C16H20N2O3S2/c1-9-6-7-22-13(9)18-15(20)17-10-8-11(16(2,3)4)23-12(10)14(19)21-5/h6-8H,1-5H3,(H2,17,18,20). The van der Waals surface area contributed by atoms with Crippen molar-refractivity contribution in [2.24, 2.45) is 0 Å². The summed E-state index contributed by atoms with van der Waals surface area (Å²) in [6, 6.07) is 3.39. The number of ether oxygens (including phenoxy) is 1. The lowest BCUT2D eigenvalue weighted by Gasteiger charge is -2.15. The quantitative estimate of drug-likeness (QED) is 0.776. The molecule has 124 valence electrons. The van der Waals surface area contributed by atoms with E-state index in [1.165, 1.54) is 29.8 Å². The van der Waals surface area contributed by atoms with E-state index in [1.807, 2.05) is 24.4 Å². The van der Waals surface area contributed by atoms with Crippen LogP contribution in [-0.2, 0) is 10.2 Å². The normalized spacial score (nSPS) is 11.2. The van der Waals surface area contributed by atoms with Crippen molar-refractivity contribution in [1.82, 2.24) is 0 Å². The Labute approximate surface area is 143 Å². The van der Waals surface area contributed by atoms with Gasteiger partial charge in [-0.25, -0.2) is 9.59 Å². The van der Waals surface area contributed by atoms with Gasteiger partial charge in [0.15, 0.2) is 0 Å². The van der Waals surface area contributed by atoms with Crippen LogP contribution in [0, 0.1) is 6.92 Å². The van der Waals surface area contributed by atoms with Crippen LogP contribution in [0.4, 0.5) is 15.5 Å². The first-order chi connectivity index (χ1) is 10.7. The van der Waals surface area contributed by atoms with Crippen LogP contribution in [0.5, 0.6) is 0 Å². The van der Waals surface area contributed by atoms with Crippen molar-refractivity contribution in [2.45, 2.75) is 33.1 Å². The number of rotatable bonds is 3. The zero-order valence-electron chi connectivity index (χ0n) is 13.8. The number of aryl methyl sites for hydroxylation is 1. The highest BCUT2D eigenvalue weighted by molar-refractivity contribution is 7.15. The lowest BCUT2D eigenvalue weighted by atomic mass is 9.94. The van der Waals surface area contributed by atoms with Crippen LogP contribution >= 0.6 is 22.7 Å². The van der Waals surface area contributed by atoms with Crippen LogP contribution in [0.2, 0.25) is 0 Å². The van der Waals surface area contributed by atoms with E-state index in [0.717, 1.165) is 15.4 Å². The number of thiophene rings is 2. The fourth-order valence-corrected chi connectivity index (χ4v) is 3.76. The molecule has 0 aliphatic heterocycles. The maximum absolute atomic E-state index is 12.2. The number of nitrogens with one attached hydrogen (secondary N) is 2. The minimum atomic E-state index is -0.451. The molecule has 5 nitrogen and oxygen atoms in total. The van der Waals surface area contributed by atoms with Crippen LogP contribution < -0.4 is 10.6 Å². The third kappa shape index (κ3) is 4.11. The van der Waals surface area contributed by atoms with Gasteiger partial charge in [-0.3, -0.25) is 5.32 Å². The fraction of sp³-hybridized carbons (Fsp3) is 0.375. The van der Waals surface area contributed by atoms with Crippen LogP contribution in [0.1, 0.15) is 40.9 Å². The molecule has 0 atom stereocenters. The molecule has 2 amide bonds. The van der Waals surface area contributed by atoms with Gasteiger partial charge in [0.1, 0.15) is 4.88 Å². The van der Waals surface area contributed by atoms with E-state index in [2.05, 4.69) is 31.4 Å². The zero-order valence-corrected chi connectivity index (χ0v) is 15.4. The van der Waals surface area contributed by atoms with Crippen molar-refractivity contribution in [3.8, 4) is 0 Å². The summed E-state index contributed by atoms with van der Waals surface area (Å²) in [6.45, 7) is 8.09. The largest absolute Gasteiger partial charge is 0.465 e. The number of carbonyl (C=O) groups is 2. The Bertz CT molecular complexity index is 726. The molecule has 7 heteroatoms. The first-order valence-electron chi connectivity index (χ1n) is 7.07. The molecule has 0 aliphatic rings. The highest BCUT2D eigenvalue weighted by Gasteiger charge is 2.24. The predicted octanol–water partition coefficient (Wildman–Crippen LogP) is 4.85. The monoisotopic (exact) mass is 352 g/mol. The van der Waals surface area contributed by atoms with Crippen molar-refractivity contribution in [2.75, 3.05) is 17.7 Å². The molecule has 23 heavy (non-hydrogen) atoms. The average Bonchev–Trinajstić information content (AvgIpc) is 3.05. The lowest BCUT2D eigenvalue weighted by Crippen LogP contribution is -2.20. The minimum Gasteiger partial charge on any atom is -0.465 e. The second-order valence-corrected chi connectivity index (χ2v) is 8.08. The van der Waals surface area contributed by atoms with E-state index in [9.17, 15) is 9.59 Å². The molecule has 2 aromatic rings. The number of hydrogen-bond donors (Lipinski definition) is 2. The lowest BCUT2D eigenvalue weighted by molar-refractivity contribution is 0.0607. The first-order valence-corrected chi connectivity index (χ1v) is 8.76. The topological polar surface area (TPSA) is 67.4 Å². The number of amides is 2.